The van der Waals surface area contributed by atoms with Gasteiger partial charge in [0, 0.05) is 6.04 Å². The Labute approximate surface area is 108 Å². The standard InChI is InChI=1S/C13H15F4NO/c14-12(15)13(16,17)19-10-6-4-9(5-7-10)11(18)8-2-1-3-8/h4-8,11-12H,1-3,18H2/t11-/m1/s1. The minimum absolute atomic E-state index is 0.140. The van der Waals surface area contributed by atoms with Gasteiger partial charge in [0.2, 0.25) is 0 Å². The minimum Gasteiger partial charge on any atom is -0.428 e. The molecule has 1 aliphatic carbocycles. The largest absolute Gasteiger partial charge is 0.461 e. The summed E-state index contributed by atoms with van der Waals surface area (Å²) in [6.45, 7) is 0. The average Bonchev–Trinajstić information content (AvgIpc) is 2.26. The van der Waals surface area contributed by atoms with Gasteiger partial charge >= 0.3 is 12.5 Å². The zero-order valence-electron chi connectivity index (χ0n) is 10.2. The highest BCUT2D eigenvalue weighted by molar-refractivity contribution is 5.29. The molecule has 1 aromatic carbocycles. The highest BCUT2D eigenvalue weighted by Crippen LogP contribution is 2.36. The molecule has 1 atom stereocenters. The quantitative estimate of drug-likeness (QED) is 0.832. The zero-order chi connectivity index (χ0) is 14.0. The summed E-state index contributed by atoms with van der Waals surface area (Å²) >= 11 is 0. The second kappa shape index (κ2) is 5.36. The average molecular weight is 277 g/mol. The van der Waals surface area contributed by atoms with E-state index in [1.54, 1.807) is 12.1 Å². The van der Waals surface area contributed by atoms with E-state index in [9.17, 15) is 17.6 Å². The predicted molar refractivity (Wildman–Crippen MR) is 62.3 cm³/mol. The molecule has 0 saturated heterocycles. The molecule has 2 rings (SSSR count). The fourth-order valence-corrected chi connectivity index (χ4v) is 2.03. The van der Waals surface area contributed by atoms with E-state index >= 15 is 0 Å². The second-order valence-corrected chi connectivity index (χ2v) is 4.75. The second-order valence-electron chi connectivity index (χ2n) is 4.75. The molecule has 2 nitrogen and oxygen atoms in total. The van der Waals surface area contributed by atoms with Gasteiger partial charge in [-0.25, -0.2) is 0 Å². The molecule has 0 radical (unpaired) electrons. The maximum absolute atomic E-state index is 12.7. The van der Waals surface area contributed by atoms with Gasteiger partial charge in [0.15, 0.2) is 0 Å². The van der Waals surface area contributed by atoms with E-state index in [1.165, 1.54) is 12.1 Å². The molecule has 0 amide bonds. The Morgan fingerprint density at radius 1 is 1.16 bits per heavy atom. The van der Waals surface area contributed by atoms with E-state index in [1.807, 2.05) is 0 Å². The molecule has 1 saturated carbocycles. The van der Waals surface area contributed by atoms with Gasteiger partial charge in [-0.2, -0.15) is 17.6 Å². The number of alkyl halides is 4. The molecule has 0 unspecified atom stereocenters. The van der Waals surface area contributed by atoms with Crippen LogP contribution in [0.25, 0.3) is 0 Å². The van der Waals surface area contributed by atoms with Crippen LogP contribution in [0.3, 0.4) is 0 Å². The number of ether oxygens (including phenoxy) is 1. The third kappa shape index (κ3) is 3.18. The lowest BCUT2D eigenvalue weighted by atomic mass is 9.78. The Bertz CT molecular complexity index is 417. The summed E-state index contributed by atoms with van der Waals surface area (Å²) in [6, 6.07) is 5.42. The lowest BCUT2D eigenvalue weighted by Gasteiger charge is -2.31. The summed E-state index contributed by atoms with van der Waals surface area (Å²) in [4.78, 5) is 0. The van der Waals surface area contributed by atoms with Crippen molar-refractivity contribution in [3.05, 3.63) is 29.8 Å². The first-order chi connectivity index (χ1) is 8.90. The maximum atomic E-state index is 12.7. The number of hydrogen-bond acceptors (Lipinski definition) is 2. The van der Waals surface area contributed by atoms with Crippen LogP contribution in [-0.4, -0.2) is 12.5 Å². The number of nitrogens with two attached hydrogens (primary N) is 1. The summed E-state index contributed by atoms with van der Waals surface area (Å²) in [5, 5.41) is 0. The summed E-state index contributed by atoms with van der Waals surface area (Å²) in [5.41, 5.74) is 6.82. The number of rotatable bonds is 5. The Morgan fingerprint density at radius 2 is 1.74 bits per heavy atom. The van der Waals surface area contributed by atoms with E-state index in [0.29, 0.717) is 5.92 Å². The van der Waals surface area contributed by atoms with Crippen LogP contribution < -0.4 is 10.5 Å². The first kappa shape index (κ1) is 14.1. The van der Waals surface area contributed by atoms with E-state index in [0.717, 1.165) is 24.8 Å². The fraction of sp³-hybridized carbons (Fsp3) is 0.538. The molecule has 6 heteroatoms. The van der Waals surface area contributed by atoms with Crippen LogP contribution in [0.5, 0.6) is 5.75 Å². The third-order valence-electron chi connectivity index (χ3n) is 3.43. The van der Waals surface area contributed by atoms with Crippen LogP contribution in [0.4, 0.5) is 17.6 Å². The zero-order valence-corrected chi connectivity index (χ0v) is 10.2. The van der Waals surface area contributed by atoms with Crippen LogP contribution in [-0.2, 0) is 0 Å². The van der Waals surface area contributed by atoms with E-state index in [-0.39, 0.29) is 11.8 Å². The van der Waals surface area contributed by atoms with E-state index in [4.69, 9.17) is 5.73 Å². The molecule has 0 aliphatic heterocycles. The highest BCUT2D eigenvalue weighted by Gasteiger charge is 2.43. The lowest BCUT2D eigenvalue weighted by Crippen LogP contribution is -2.33. The van der Waals surface area contributed by atoms with E-state index in [2.05, 4.69) is 4.74 Å². The highest BCUT2D eigenvalue weighted by atomic mass is 19.3. The molecule has 1 aromatic rings. The van der Waals surface area contributed by atoms with Gasteiger partial charge in [-0.15, -0.1) is 0 Å². The first-order valence-corrected chi connectivity index (χ1v) is 6.10. The molecule has 0 spiro atoms. The molecule has 0 bridgehead atoms. The number of halogens is 4. The molecule has 0 aromatic heterocycles. The van der Waals surface area contributed by atoms with Crippen molar-refractivity contribution in [3.63, 3.8) is 0 Å². The summed E-state index contributed by atoms with van der Waals surface area (Å²) in [6.07, 6.45) is -5.06. The Morgan fingerprint density at radius 3 is 2.16 bits per heavy atom. The van der Waals surface area contributed by atoms with Gasteiger partial charge in [0.05, 0.1) is 0 Å². The Balaban J connectivity index is 2.02. The van der Waals surface area contributed by atoms with Crippen molar-refractivity contribution in [2.24, 2.45) is 11.7 Å². The molecule has 2 N–H and O–H groups in total. The Kier molecular flexibility index (Phi) is 3.99. The van der Waals surface area contributed by atoms with Gasteiger partial charge in [-0.3, -0.25) is 0 Å². The van der Waals surface area contributed by atoms with E-state index < -0.39 is 12.5 Å². The minimum atomic E-state index is -4.47. The molecule has 106 valence electrons. The maximum Gasteiger partial charge on any atom is 0.461 e. The summed E-state index contributed by atoms with van der Waals surface area (Å²) < 4.78 is 53.3. The van der Waals surface area contributed by atoms with Crippen molar-refractivity contribution >= 4 is 0 Å². The monoisotopic (exact) mass is 277 g/mol. The van der Waals surface area contributed by atoms with Crippen molar-refractivity contribution < 1.29 is 22.3 Å². The van der Waals surface area contributed by atoms with Crippen LogP contribution in [0.2, 0.25) is 0 Å². The Hall–Kier alpha value is -1.30. The fourth-order valence-electron chi connectivity index (χ4n) is 2.03. The molecule has 19 heavy (non-hydrogen) atoms. The summed E-state index contributed by atoms with van der Waals surface area (Å²) in [5.74, 6) is 0.115. The molecule has 1 aliphatic rings. The van der Waals surface area contributed by atoms with Gasteiger partial charge in [-0.05, 0) is 36.5 Å². The van der Waals surface area contributed by atoms with Gasteiger partial charge in [0.1, 0.15) is 5.75 Å². The molecule has 1 fully saturated rings. The van der Waals surface area contributed by atoms with Crippen LogP contribution >= 0.6 is 0 Å². The van der Waals surface area contributed by atoms with Crippen molar-refractivity contribution in [3.8, 4) is 5.75 Å². The molecular weight excluding hydrogens is 262 g/mol. The van der Waals surface area contributed by atoms with Crippen molar-refractivity contribution in [2.45, 2.75) is 37.8 Å². The third-order valence-corrected chi connectivity index (χ3v) is 3.43. The summed E-state index contributed by atoms with van der Waals surface area (Å²) in [7, 11) is 0. The number of hydrogen-bond donors (Lipinski definition) is 1. The number of benzene rings is 1. The normalized spacial score (nSPS) is 18.2. The van der Waals surface area contributed by atoms with Crippen molar-refractivity contribution in [1.29, 1.82) is 0 Å². The van der Waals surface area contributed by atoms with Crippen molar-refractivity contribution in [1.82, 2.24) is 0 Å². The lowest BCUT2D eigenvalue weighted by molar-refractivity contribution is -0.253. The van der Waals surface area contributed by atoms with Crippen molar-refractivity contribution in [2.75, 3.05) is 0 Å². The van der Waals surface area contributed by atoms with Gasteiger partial charge < -0.3 is 10.5 Å². The molecule has 0 heterocycles. The van der Waals surface area contributed by atoms with Crippen LogP contribution in [0, 0.1) is 5.92 Å². The topological polar surface area (TPSA) is 35.2 Å². The first-order valence-electron chi connectivity index (χ1n) is 6.10. The van der Waals surface area contributed by atoms with Gasteiger partial charge in [0.25, 0.3) is 0 Å². The predicted octanol–water partition coefficient (Wildman–Crippen LogP) is 3.72. The van der Waals surface area contributed by atoms with Crippen LogP contribution in [0.15, 0.2) is 24.3 Å². The molecular formula is C13H15F4NO. The van der Waals surface area contributed by atoms with Crippen LogP contribution in [0.1, 0.15) is 30.9 Å². The smallest absolute Gasteiger partial charge is 0.428 e. The van der Waals surface area contributed by atoms with Gasteiger partial charge in [-0.1, -0.05) is 18.6 Å². The SMILES string of the molecule is N[C@@H](c1ccc(OC(F)(F)C(F)F)cc1)C1CCC1.